The van der Waals surface area contributed by atoms with Crippen molar-refractivity contribution in [1.82, 2.24) is 10.1 Å². The SMILES string of the molecule is Nc1ccc(I)cc1-c1nc(C(=O)O)no1. The summed E-state index contributed by atoms with van der Waals surface area (Å²) in [4.78, 5) is 14.3. The summed E-state index contributed by atoms with van der Waals surface area (Å²) in [6.07, 6.45) is 0. The molecule has 0 radical (unpaired) electrons. The van der Waals surface area contributed by atoms with Crippen LogP contribution in [-0.4, -0.2) is 21.2 Å². The van der Waals surface area contributed by atoms with Crippen LogP contribution in [0.1, 0.15) is 10.6 Å². The molecule has 3 N–H and O–H groups in total. The van der Waals surface area contributed by atoms with Gasteiger partial charge < -0.3 is 15.4 Å². The summed E-state index contributed by atoms with van der Waals surface area (Å²) < 4.78 is 5.76. The van der Waals surface area contributed by atoms with E-state index in [1.54, 1.807) is 12.1 Å². The van der Waals surface area contributed by atoms with Gasteiger partial charge in [0.2, 0.25) is 0 Å². The van der Waals surface area contributed by atoms with E-state index in [1.807, 2.05) is 6.07 Å². The molecule has 0 aliphatic heterocycles. The molecule has 2 aromatic rings. The molecule has 1 aromatic carbocycles. The predicted molar refractivity (Wildman–Crippen MR) is 63.8 cm³/mol. The zero-order chi connectivity index (χ0) is 11.7. The molecule has 0 atom stereocenters. The molecule has 6 nitrogen and oxygen atoms in total. The Bertz CT molecular complexity index is 553. The third-order valence-corrected chi connectivity index (χ3v) is 2.53. The summed E-state index contributed by atoms with van der Waals surface area (Å²) >= 11 is 2.11. The maximum Gasteiger partial charge on any atom is 0.377 e. The quantitative estimate of drug-likeness (QED) is 0.640. The van der Waals surface area contributed by atoms with Crippen molar-refractivity contribution in [2.75, 3.05) is 5.73 Å². The van der Waals surface area contributed by atoms with E-state index in [2.05, 4.69) is 32.7 Å². The maximum absolute atomic E-state index is 10.6. The van der Waals surface area contributed by atoms with Gasteiger partial charge in [0.1, 0.15) is 0 Å². The van der Waals surface area contributed by atoms with Crippen molar-refractivity contribution in [3.8, 4) is 11.5 Å². The topological polar surface area (TPSA) is 102 Å². The second kappa shape index (κ2) is 4.08. The summed E-state index contributed by atoms with van der Waals surface area (Å²) in [7, 11) is 0. The molecule has 1 aromatic heterocycles. The van der Waals surface area contributed by atoms with Crippen molar-refractivity contribution in [3.05, 3.63) is 27.6 Å². The summed E-state index contributed by atoms with van der Waals surface area (Å²) in [6.45, 7) is 0. The number of hydrogen-bond donors (Lipinski definition) is 2. The number of nitrogen functional groups attached to an aromatic ring is 1. The molecule has 2 rings (SSSR count). The minimum absolute atomic E-state index is 0.105. The molecule has 0 amide bonds. The molecule has 1 heterocycles. The lowest BCUT2D eigenvalue weighted by atomic mass is 10.2. The average Bonchev–Trinajstić information content (AvgIpc) is 2.70. The van der Waals surface area contributed by atoms with Crippen molar-refractivity contribution in [1.29, 1.82) is 0 Å². The van der Waals surface area contributed by atoms with Gasteiger partial charge >= 0.3 is 5.97 Å². The summed E-state index contributed by atoms with van der Waals surface area (Å²) in [6, 6.07) is 5.27. The van der Waals surface area contributed by atoms with Crippen LogP contribution < -0.4 is 5.73 Å². The predicted octanol–water partition coefficient (Wildman–Crippen LogP) is 1.62. The van der Waals surface area contributed by atoms with E-state index in [0.717, 1.165) is 3.57 Å². The minimum atomic E-state index is -1.24. The van der Waals surface area contributed by atoms with Gasteiger partial charge in [-0.25, -0.2) is 4.79 Å². The highest BCUT2D eigenvalue weighted by Gasteiger charge is 2.16. The number of aromatic nitrogens is 2. The third-order valence-electron chi connectivity index (χ3n) is 1.86. The van der Waals surface area contributed by atoms with Gasteiger partial charge in [-0.2, -0.15) is 4.98 Å². The van der Waals surface area contributed by atoms with Gasteiger partial charge in [0.25, 0.3) is 11.7 Å². The lowest BCUT2D eigenvalue weighted by molar-refractivity contribution is 0.0680. The fourth-order valence-electron chi connectivity index (χ4n) is 1.13. The molecule has 0 spiro atoms. The Labute approximate surface area is 104 Å². The van der Waals surface area contributed by atoms with Crippen molar-refractivity contribution < 1.29 is 14.4 Å². The van der Waals surface area contributed by atoms with Gasteiger partial charge in [0.15, 0.2) is 0 Å². The normalized spacial score (nSPS) is 10.3. The van der Waals surface area contributed by atoms with Crippen LogP contribution in [0.4, 0.5) is 5.69 Å². The van der Waals surface area contributed by atoms with Gasteiger partial charge in [-0.1, -0.05) is 0 Å². The maximum atomic E-state index is 10.6. The van der Waals surface area contributed by atoms with Crippen molar-refractivity contribution in [2.45, 2.75) is 0 Å². The van der Waals surface area contributed by atoms with Crippen molar-refractivity contribution in [3.63, 3.8) is 0 Å². The monoisotopic (exact) mass is 331 g/mol. The number of nitrogens with two attached hydrogens (primary N) is 1. The smallest absolute Gasteiger partial charge is 0.377 e. The molecule has 16 heavy (non-hydrogen) atoms. The average molecular weight is 331 g/mol. The number of aromatic carboxylic acids is 1. The first kappa shape index (κ1) is 10.9. The summed E-state index contributed by atoms with van der Waals surface area (Å²) in [5, 5.41) is 12.0. The number of carbonyl (C=O) groups is 1. The van der Waals surface area contributed by atoms with Crippen molar-refractivity contribution >= 4 is 34.2 Å². The second-order valence-corrected chi connectivity index (χ2v) is 4.21. The number of nitrogens with zero attached hydrogens (tertiary/aromatic N) is 2. The molecule has 0 aliphatic rings. The number of carboxylic acids is 1. The fourth-order valence-corrected chi connectivity index (χ4v) is 1.62. The van der Waals surface area contributed by atoms with E-state index in [4.69, 9.17) is 15.4 Å². The number of anilines is 1. The van der Waals surface area contributed by atoms with Crippen LogP contribution in [0.2, 0.25) is 0 Å². The van der Waals surface area contributed by atoms with Crippen LogP contribution in [0, 0.1) is 3.57 Å². The van der Waals surface area contributed by atoms with Gasteiger partial charge in [-0.3, -0.25) is 0 Å². The Morgan fingerprint density at radius 1 is 1.50 bits per heavy atom. The van der Waals surface area contributed by atoms with Crippen molar-refractivity contribution in [2.24, 2.45) is 0 Å². The van der Waals surface area contributed by atoms with Gasteiger partial charge in [-0.05, 0) is 45.9 Å². The van der Waals surface area contributed by atoms with Gasteiger partial charge in [0, 0.05) is 9.26 Å². The lowest BCUT2D eigenvalue weighted by Crippen LogP contribution is -1.98. The molecule has 7 heteroatoms. The highest BCUT2D eigenvalue weighted by Crippen LogP contribution is 2.26. The van der Waals surface area contributed by atoms with E-state index in [0.29, 0.717) is 11.3 Å². The van der Waals surface area contributed by atoms with Crippen LogP contribution in [0.3, 0.4) is 0 Å². The van der Waals surface area contributed by atoms with E-state index >= 15 is 0 Å². The van der Waals surface area contributed by atoms with E-state index < -0.39 is 5.97 Å². The van der Waals surface area contributed by atoms with E-state index in [9.17, 15) is 4.79 Å². The number of hydrogen-bond acceptors (Lipinski definition) is 5. The fraction of sp³-hybridized carbons (Fsp3) is 0. The number of rotatable bonds is 2. The highest BCUT2D eigenvalue weighted by atomic mass is 127. The van der Waals surface area contributed by atoms with E-state index in [1.165, 1.54) is 0 Å². The Kier molecular flexibility index (Phi) is 2.77. The third kappa shape index (κ3) is 1.98. The molecule has 0 saturated heterocycles. The molecule has 0 unspecified atom stereocenters. The van der Waals surface area contributed by atoms with E-state index in [-0.39, 0.29) is 11.7 Å². The Morgan fingerprint density at radius 2 is 2.25 bits per heavy atom. The zero-order valence-electron chi connectivity index (χ0n) is 7.85. The van der Waals surface area contributed by atoms with Gasteiger partial charge in [-0.15, -0.1) is 0 Å². The molecule has 0 saturated carbocycles. The molecule has 0 aliphatic carbocycles. The number of halogens is 1. The van der Waals surface area contributed by atoms with Crippen LogP contribution in [0.5, 0.6) is 0 Å². The molecular weight excluding hydrogens is 325 g/mol. The molecule has 0 fully saturated rings. The molecular formula is C9H6IN3O3. The Balaban J connectivity index is 2.50. The molecule has 0 bridgehead atoms. The summed E-state index contributed by atoms with van der Waals surface area (Å²) in [5.41, 5.74) is 6.72. The lowest BCUT2D eigenvalue weighted by Gasteiger charge is -2.00. The van der Waals surface area contributed by atoms with Crippen LogP contribution in [0.15, 0.2) is 22.7 Å². The zero-order valence-corrected chi connectivity index (χ0v) is 10.0. The van der Waals surface area contributed by atoms with Crippen LogP contribution in [0.25, 0.3) is 11.5 Å². The largest absolute Gasteiger partial charge is 0.475 e. The van der Waals surface area contributed by atoms with Crippen LogP contribution in [-0.2, 0) is 0 Å². The van der Waals surface area contributed by atoms with Crippen LogP contribution >= 0.6 is 22.6 Å². The highest BCUT2D eigenvalue weighted by molar-refractivity contribution is 14.1. The number of benzene rings is 1. The van der Waals surface area contributed by atoms with Gasteiger partial charge in [0.05, 0.1) is 5.56 Å². The Hall–Kier alpha value is -1.64. The first-order valence-corrected chi connectivity index (χ1v) is 5.28. The molecule has 82 valence electrons. The number of carboxylic acid groups (broad SMARTS) is 1. The first-order chi connectivity index (χ1) is 7.58. The standard InChI is InChI=1S/C9H6IN3O3/c10-4-1-2-6(11)5(3-4)8-12-7(9(14)15)13-16-8/h1-3H,11H2,(H,14,15). The Morgan fingerprint density at radius 3 is 2.88 bits per heavy atom. The minimum Gasteiger partial charge on any atom is -0.475 e. The first-order valence-electron chi connectivity index (χ1n) is 4.20. The summed E-state index contributed by atoms with van der Waals surface area (Å²) in [5.74, 6) is -1.51. The second-order valence-electron chi connectivity index (χ2n) is 2.96.